The zero-order valence-corrected chi connectivity index (χ0v) is 13.5. The van der Waals surface area contributed by atoms with Gasteiger partial charge in [0, 0.05) is 0 Å². The lowest BCUT2D eigenvalue weighted by molar-refractivity contribution is -0.145. The number of hydrogen-bond donors (Lipinski definition) is 1. The van der Waals surface area contributed by atoms with E-state index >= 15 is 0 Å². The third-order valence-corrected chi connectivity index (χ3v) is 3.51. The number of aliphatic hydroxyl groups excluding tert-OH is 1. The molecule has 1 N–H and O–H groups in total. The summed E-state index contributed by atoms with van der Waals surface area (Å²) in [5.41, 5.74) is 0. The molecule has 0 aliphatic rings. The molecule has 0 heterocycles. The second-order valence-corrected chi connectivity index (χ2v) is 5.70. The molecule has 20 heavy (non-hydrogen) atoms. The topological polar surface area (TPSA) is 46.5 Å². The van der Waals surface area contributed by atoms with Crippen LogP contribution in [0.2, 0.25) is 0 Å². The van der Waals surface area contributed by atoms with Crippen molar-refractivity contribution in [1.29, 1.82) is 0 Å². The van der Waals surface area contributed by atoms with Crippen LogP contribution in [0.4, 0.5) is 0 Å². The number of rotatable bonds is 14. The number of aliphatic hydroxyl groups is 1. The molecular weight excluding hydrogens is 252 g/mol. The number of carbonyl (C=O) groups excluding carboxylic acids is 1. The quantitative estimate of drug-likeness (QED) is 0.374. The van der Waals surface area contributed by atoms with E-state index in [4.69, 9.17) is 4.74 Å². The minimum absolute atomic E-state index is 0.150. The predicted molar refractivity (Wildman–Crippen MR) is 83.7 cm³/mol. The minimum atomic E-state index is -0.524. The molecule has 3 nitrogen and oxygen atoms in total. The number of ether oxygens (including phenoxy) is 1. The van der Waals surface area contributed by atoms with Crippen LogP contribution in [0, 0.1) is 0 Å². The lowest BCUT2D eigenvalue weighted by Gasteiger charge is -2.10. The monoisotopic (exact) mass is 286 g/mol. The Morgan fingerprint density at radius 1 is 0.900 bits per heavy atom. The summed E-state index contributed by atoms with van der Waals surface area (Å²) in [4.78, 5) is 11.3. The minimum Gasteiger partial charge on any atom is -0.466 e. The van der Waals surface area contributed by atoms with E-state index in [1.807, 2.05) is 6.92 Å². The number of esters is 1. The molecule has 0 aromatic carbocycles. The first-order valence-corrected chi connectivity index (χ1v) is 8.54. The van der Waals surface area contributed by atoms with Gasteiger partial charge in [0.05, 0.1) is 19.1 Å². The summed E-state index contributed by atoms with van der Waals surface area (Å²) in [6.07, 6.45) is 12.6. The zero-order chi connectivity index (χ0) is 15.1. The third kappa shape index (κ3) is 13.9. The van der Waals surface area contributed by atoms with Gasteiger partial charge in [-0.3, -0.25) is 4.79 Å². The molecule has 0 radical (unpaired) electrons. The van der Waals surface area contributed by atoms with Gasteiger partial charge in [0.15, 0.2) is 0 Å². The van der Waals surface area contributed by atoms with E-state index in [0.717, 1.165) is 25.7 Å². The second-order valence-electron chi connectivity index (χ2n) is 5.70. The molecule has 0 amide bonds. The van der Waals surface area contributed by atoms with Gasteiger partial charge < -0.3 is 9.84 Å². The fraction of sp³-hybridized carbons (Fsp3) is 0.941. The second kappa shape index (κ2) is 14.8. The van der Waals surface area contributed by atoms with E-state index in [-0.39, 0.29) is 12.4 Å². The highest BCUT2D eigenvalue weighted by Crippen LogP contribution is 2.12. The van der Waals surface area contributed by atoms with Crippen LogP contribution in [0.1, 0.15) is 90.9 Å². The Labute approximate surface area is 125 Å². The predicted octanol–water partition coefficient (Wildman–Crippen LogP) is 4.61. The summed E-state index contributed by atoms with van der Waals surface area (Å²) in [5, 5.41) is 9.72. The maximum atomic E-state index is 11.3. The van der Waals surface area contributed by atoms with Gasteiger partial charge in [-0.15, -0.1) is 0 Å². The number of unbranched alkanes of at least 4 members (excludes halogenated alkanes) is 8. The number of hydrogen-bond acceptors (Lipinski definition) is 3. The van der Waals surface area contributed by atoms with Crippen LogP contribution in [-0.2, 0) is 9.53 Å². The highest BCUT2D eigenvalue weighted by atomic mass is 16.5. The van der Waals surface area contributed by atoms with Crippen molar-refractivity contribution in [1.82, 2.24) is 0 Å². The maximum Gasteiger partial charge on any atom is 0.308 e. The molecule has 3 heteroatoms. The molecular formula is C17H34O3. The van der Waals surface area contributed by atoms with Crippen molar-refractivity contribution in [2.45, 2.75) is 97.0 Å². The molecule has 0 saturated heterocycles. The van der Waals surface area contributed by atoms with Crippen LogP contribution >= 0.6 is 0 Å². The Kier molecular flexibility index (Phi) is 14.4. The van der Waals surface area contributed by atoms with Gasteiger partial charge in [-0.25, -0.2) is 0 Å². The molecule has 0 aliphatic carbocycles. The normalized spacial score (nSPS) is 12.3. The lowest BCUT2D eigenvalue weighted by atomic mass is 10.0. The van der Waals surface area contributed by atoms with Gasteiger partial charge in [-0.1, -0.05) is 71.6 Å². The smallest absolute Gasteiger partial charge is 0.308 e. The molecule has 120 valence electrons. The van der Waals surface area contributed by atoms with Crippen molar-refractivity contribution in [3.8, 4) is 0 Å². The summed E-state index contributed by atoms with van der Waals surface area (Å²) >= 11 is 0. The molecule has 0 spiro atoms. The van der Waals surface area contributed by atoms with Crippen LogP contribution in [0.5, 0.6) is 0 Å². The fourth-order valence-corrected chi connectivity index (χ4v) is 2.26. The summed E-state index contributed by atoms with van der Waals surface area (Å²) in [7, 11) is 0. The van der Waals surface area contributed by atoms with Gasteiger partial charge in [-0.05, 0) is 12.8 Å². The van der Waals surface area contributed by atoms with Gasteiger partial charge >= 0.3 is 5.97 Å². The molecule has 0 aromatic rings. The molecule has 1 atom stereocenters. The fourth-order valence-electron chi connectivity index (χ4n) is 2.26. The molecule has 0 aromatic heterocycles. The Morgan fingerprint density at radius 2 is 1.45 bits per heavy atom. The van der Waals surface area contributed by atoms with E-state index in [0.29, 0.717) is 6.61 Å². The van der Waals surface area contributed by atoms with Crippen molar-refractivity contribution in [2.24, 2.45) is 0 Å². The van der Waals surface area contributed by atoms with Gasteiger partial charge in [0.1, 0.15) is 0 Å². The standard InChI is InChI=1S/C17H34O3/c1-3-5-6-7-8-9-10-11-12-13-16(18)15-17(19)20-14-4-2/h16,18H,3-15H2,1-2H3/t16-/m1/s1. The van der Waals surface area contributed by atoms with E-state index in [1.54, 1.807) is 0 Å². The summed E-state index contributed by atoms with van der Waals surface area (Å²) < 4.78 is 4.95. The van der Waals surface area contributed by atoms with Crippen molar-refractivity contribution < 1.29 is 14.6 Å². The average molecular weight is 286 g/mol. The Bertz CT molecular complexity index is 216. The molecule has 0 unspecified atom stereocenters. The number of carbonyl (C=O) groups is 1. The van der Waals surface area contributed by atoms with Crippen LogP contribution in [-0.4, -0.2) is 23.8 Å². The molecule has 0 rings (SSSR count). The van der Waals surface area contributed by atoms with Crippen LogP contribution in [0.25, 0.3) is 0 Å². The molecule has 0 saturated carbocycles. The van der Waals surface area contributed by atoms with Crippen molar-refractivity contribution in [3.63, 3.8) is 0 Å². The van der Waals surface area contributed by atoms with Crippen molar-refractivity contribution in [3.05, 3.63) is 0 Å². The first-order chi connectivity index (χ1) is 9.70. The summed E-state index contributed by atoms with van der Waals surface area (Å²) in [6, 6.07) is 0. The lowest BCUT2D eigenvalue weighted by Crippen LogP contribution is -2.16. The van der Waals surface area contributed by atoms with E-state index in [1.165, 1.54) is 44.9 Å². The van der Waals surface area contributed by atoms with Crippen LogP contribution in [0.15, 0.2) is 0 Å². The third-order valence-electron chi connectivity index (χ3n) is 3.51. The summed E-state index contributed by atoms with van der Waals surface area (Å²) in [5.74, 6) is -0.268. The first-order valence-electron chi connectivity index (χ1n) is 8.54. The van der Waals surface area contributed by atoms with Gasteiger partial charge in [-0.2, -0.15) is 0 Å². The van der Waals surface area contributed by atoms with Crippen molar-refractivity contribution >= 4 is 5.97 Å². The van der Waals surface area contributed by atoms with Crippen LogP contribution in [0.3, 0.4) is 0 Å². The Balaban J connectivity index is 3.26. The largest absolute Gasteiger partial charge is 0.466 e. The van der Waals surface area contributed by atoms with Crippen molar-refractivity contribution in [2.75, 3.05) is 6.61 Å². The summed E-state index contributed by atoms with van der Waals surface area (Å²) in [6.45, 7) is 4.67. The van der Waals surface area contributed by atoms with E-state index in [9.17, 15) is 9.90 Å². The van der Waals surface area contributed by atoms with Gasteiger partial charge in [0.2, 0.25) is 0 Å². The Morgan fingerprint density at radius 3 is 2.00 bits per heavy atom. The highest BCUT2D eigenvalue weighted by Gasteiger charge is 2.11. The van der Waals surface area contributed by atoms with Gasteiger partial charge in [0.25, 0.3) is 0 Å². The van der Waals surface area contributed by atoms with E-state index in [2.05, 4.69) is 6.92 Å². The first kappa shape index (κ1) is 19.4. The molecule has 0 aliphatic heterocycles. The maximum absolute atomic E-state index is 11.3. The molecule has 0 bridgehead atoms. The average Bonchev–Trinajstić information content (AvgIpc) is 2.43. The van der Waals surface area contributed by atoms with Crippen LogP contribution < -0.4 is 0 Å². The molecule has 0 fully saturated rings. The SMILES string of the molecule is CCCCCCCCCCC[C@@H](O)CC(=O)OCCC. The highest BCUT2D eigenvalue weighted by molar-refractivity contribution is 5.69. The Hall–Kier alpha value is -0.570. The zero-order valence-electron chi connectivity index (χ0n) is 13.5. The van der Waals surface area contributed by atoms with E-state index < -0.39 is 6.10 Å².